The Hall–Kier alpha value is -2.20. The molecule has 4 N–H and O–H groups in total. The molecule has 0 saturated heterocycles. The summed E-state index contributed by atoms with van der Waals surface area (Å²) in [5, 5.41) is 0. The molecule has 0 aliphatic carbocycles. The van der Waals surface area contributed by atoms with Crippen molar-refractivity contribution in [2.45, 2.75) is 18.9 Å². The van der Waals surface area contributed by atoms with E-state index in [1.807, 2.05) is 30.3 Å². The summed E-state index contributed by atoms with van der Waals surface area (Å²) in [6, 6.07) is 10.9. The molecular formula is C15H17N3O. The molecule has 0 spiro atoms. The van der Waals surface area contributed by atoms with E-state index < -0.39 is 6.04 Å². The maximum atomic E-state index is 12.1. The SMILES string of the molecule is Nc1ccncc1CC(=O)C(N)Cc1ccccc1. The smallest absolute Gasteiger partial charge is 0.154 e. The van der Waals surface area contributed by atoms with Gasteiger partial charge in [0.2, 0.25) is 0 Å². The van der Waals surface area contributed by atoms with Gasteiger partial charge < -0.3 is 11.5 Å². The first kappa shape index (κ1) is 13.2. The molecule has 2 aromatic rings. The van der Waals surface area contributed by atoms with Crippen molar-refractivity contribution in [3.63, 3.8) is 0 Å². The Kier molecular flexibility index (Phi) is 4.26. The molecule has 4 nitrogen and oxygen atoms in total. The van der Waals surface area contributed by atoms with Gasteiger partial charge in [0.05, 0.1) is 6.04 Å². The van der Waals surface area contributed by atoms with Crippen LogP contribution in [0.15, 0.2) is 48.8 Å². The number of nitrogen functional groups attached to an aromatic ring is 1. The number of anilines is 1. The van der Waals surface area contributed by atoms with E-state index in [1.165, 1.54) is 0 Å². The van der Waals surface area contributed by atoms with E-state index in [2.05, 4.69) is 4.98 Å². The lowest BCUT2D eigenvalue weighted by molar-refractivity contribution is -0.119. The van der Waals surface area contributed by atoms with Gasteiger partial charge in [0.15, 0.2) is 5.78 Å². The molecule has 0 radical (unpaired) electrons. The fraction of sp³-hybridized carbons (Fsp3) is 0.200. The zero-order valence-corrected chi connectivity index (χ0v) is 10.6. The van der Waals surface area contributed by atoms with Crippen molar-refractivity contribution in [2.24, 2.45) is 5.73 Å². The fourth-order valence-electron chi connectivity index (χ4n) is 1.89. The highest BCUT2D eigenvalue weighted by Crippen LogP contribution is 2.11. The predicted molar refractivity (Wildman–Crippen MR) is 75.5 cm³/mol. The largest absolute Gasteiger partial charge is 0.398 e. The van der Waals surface area contributed by atoms with E-state index in [4.69, 9.17) is 11.5 Å². The number of carbonyl (C=O) groups excluding carboxylic acids is 1. The Balaban J connectivity index is 1.99. The molecule has 0 aliphatic rings. The molecule has 1 unspecified atom stereocenters. The van der Waals surface area contributed by atoms with Crippen molar-refractivity contribution in [3.05, 3.63) is 59.9 Å². The van der Waals surface area contributed by atoms with E-state index in [9.17, 15) is 4.79 Å². The average molecular weight is 255 g/mol. The molecule has 0 aliphatic heterocycles. The van der Waals surface area contributed by atoms with Gasteiger partial charge in [0.1, 0.15) is 0 Å². The minimum Gasteiger partial charge on any atom is -0.398 e. The van der Waals surface area contributed by atoms with Crippen LogP contribution in [0.2, 0.25) is 0 Å². The van der Waals surface area contributed by atoms with Crippen LogP contribution in [-0.2, 0) is 17.6 Å². The summed E-state index contributed by atoms with van der Waals surface area (Å²) in [5.41, 5.74) is 14.1. The van der Waals surface area contributed by atoms with Crippen molar-refractivity contribution in [2.75, 3.05) is 5.73 Å². The number of Topliss-reactive ketones (excluding diaryl/α,β-unsaturated/α-hetero) is 1. The van der Waals surface area contributed by atoms with Crippen molar-refractivity contribution >= 4 is 11.5 Å². The molecule has 0 saturated carbocycles. The zero-order chi connectivity index (χ0) is 13.7. The molecule has 1 heterocycles. The van der Waals surface area contributed by atoms with Crippen LogP contribution in [0, 0.1) is 0 Å². The van der Waals surface area contributed by atoms with Crippen molar-refractivity contribution in [3.8, 4) is 0 Å². The molecule has 19 heavy (non-hydrogen) atoms. The van der Waals surface area contributed by atoms with E-state index in [0.717, 1.165) is 11.1 Å². The van der Waals surface area contributed by atoms with Gasteiger partial charge >= 0.3 is 0 Å². The number of benzene rings is 1. The first-order valence-electron chi connectivity index (χ1n) is 6.17. The molecule has 1 atom stereocenters. The first-order valence-corrected chi connectivity index (χ1v) is 6.17. The first-order chi connectivity index (χ1) is 9.16. The lowest BCUT2D eigenvalue weighted by atomic mass is 9.99. The molecule has 0 bridgehead atoms. The Morgan fingerprint density at radius 3 is 2.63 bits per heavy atom. The van der Waals surface area contributed by atoms with Crippen LogP contribution in [-0.4, -0.2) is 16.8 Å². The number of nitrogens with zero attached hydrogens (tertiary/aromatic N) is 1. The predicted octanol–water partition coefficient (Wildman–Crippen LogP) is 1.35. The lowest BCUT2D eigenvalue weighted by Gasteiger charge is -2.11. The Bertz CT molecular complexity index is 554. The summed E-state index contributed by atoms with van der Waals surface area (Å²) in [6.07, 6.45) is 3.99. The Labute approximate surface area is 112 Å². The summed E-state index contributed by atoms with van der Waals surface area (Å²) in [6.45, 7) is 0. The monoisotopic (exact) mass is 255 g/mol. The number of pyridine rings is 1. The molecule has 98 valence electrons. The van der Waals surface area contributed by atoms with Crippen LogP contribution < -0.4 is 11.5 Å². The number of carbonyl (C=O) groups is 1. The second kappa shape index (κ2) is 6.11. The average Bonchev–Trinajstić information content (AvgIpc) is 2.42. The van der Waals surface area contributed by atoms with Gasteiger partial charge in [-0.15, -0.1) is 0 Å². The van der Waals surface area contributed by atoms with Crippen LogP contribution in [0.25, 0.3) is 0 Å². The summed E-state index contributed by atoms with van der Waals surface area (Å²) >= 11 is 0. The van der Waals surface area contributed by atoms with Crippen LogP contribution in [0.1, 0.15) is 11.1 Å². The van der Waals surface area contributed by atoms with Crippen LogP contribution in [0.3, 0.4) is 0 Å². The molecule has 0 fully saturated rings. The number of hydrogen-bond acceptors (Lipinski definition) is 4. The molecular weight excluding hydrogens is 238 g/mol. The fourth-order valence-corrected chi connectivity index (χ4v) is 1.89. The van der Waals surface area contributed by atoms with E-state index >= 15 is 0 Å². The summed E-state index contributed by atoms with van der Waals surface area (Å²) in [5.74, 6) is -0.0245. The number of rotatable bonds is 5. The van der Waals surface area contributed by atoms with E-state index in [1.54, 1.807) is 18.5 Å². The summed E-state index contributed by atoms with van der Waals surface area (Å²) in [7, 11) is 0. The van der Waals surface area contributed by atoms with Gasteiger partial charge in [-0.3, -0.25) is 9.78 Å². The van der Waals surface area contributed by atoms with Crippen LogP contribution >= 0.6 is 0 Å². The number of hydrogen-bond donors (Lipinski definition) is 2. The van der Waals surface area contributed by atoms with Gasteiger partial charge in [-0.25, -0.2) is 0 Å². The number of aromatic nitrogens is 1. The highest BCUT2D eigenvalue weighted by Gasteiger charge is 2.15. The van der Waals surface area contributed by atoms with Crippen molar-refractivity contribution < 1.29 is 4.79 Å². The minimum atomic E-state index is -0.512. The quantitative estimate of drug-likeness (QED) is 0.844. The topological polar surface area (TPSA) is 82.0 Å². The lowest BCUT2D eigenvalue weighted by Crippen LogP contribution is -2.34. The number of ketones is 1. The highest BCUT2D eigenvalue weighted by molar-refractivity contribution is 5.87. The summed E-state index contributed by atoms with van der Waals surface area (Å²) < 4.78 is 0. The second-order valence-electron chi connectivity index (χ2n) is 4.51. The molecule has 1 aromatic heterocycles. The molecule has 1 aromatic carbocycles. The molecule has 2 rings (SSSR count). The third-order valence-corrected chi connectivity index (χ3v) is 3.02. The Morgan fingerprint density at radius 2 is 1.95 bits per heavy atom. The normalized spacial score (nSPS) is 12.1. The van der Waals surface area contributed by atoms with Gasteiger partial charge in [-0.1, -0.05) is 30.3 Å². The molecule has 4 heteroatoms. The maximum Gasteiger partial charge on any atom is 0.154 e. The third-order valence-electron chi connectivity index (χ3n) is 3.02. The number of nitrogens with two attached hydrogens (primary N) is 2. The van der Waals surface area contributed by atoms with Gasteiger partial charge in [-0.2, -0.15) is 0 Å². The summed E-state index contributed by atoms with van der Waals surface area (Å²) in [4.78, 5) is 16.0. The van der Waals surface area contributed by atoms with E-state index in [0.29, 0.717) is 12.1 Å². The van der Waals surface area contributed by atoms with Crippen molar-refractivity contribution in [1.29, 1.82) is 0 Å². The zero-order valence-electron chi connectivity index (χ0n) is 10.6. The van der Waals surface area contributed by atoms with E-state index in [-0.39, 0.29) is 12.2 Å². The van der Waals surface area contributed by atoms with Crippen LogP contribution in [0.5, 0.6) is 0 Å². The standard InChI is InChI=1S/C15H17N3O/c16-13-6-7-18-10-12(13)9-15(19)14(17)8-11-4-2-1-3-5-11/h1-7,10,14H,8-9,17H2,(H2,16,18). The third kappa shape index (κ3) is 3.63. The Morgan fingerprint density at radius 1 is 1.21 bits per heavy atom. The van der Waals surface area contributed by atoms with Crippen LogP contribution in [0.4, 0.5) is 5.69 Å². The van der Waals surface area contributed by atoms with Gasteiger partial charge in [0.25, 0.3) is 0 Å². The second-order valence-corrected chi connectivity index (χ2v) is 4.51. The highest BCUT2D eigenvalue weighted by atomic mass is 16.1. The maximum absolute atomic E-state index is 12.1. The molecule has 0 amide bonds. The van der Waals surface area contributed by atoms with Crippen molar-refractivity contribution in [1.82, 2.24) is 4.98 Å². The van der Waals surface area contributed by atoms with Gasteiger partial charge in [0, 0.05) is 30.1 Å². The van der Waals surface area contributed by atoms with Gasteiger partial charge in [-0.05, 0) is 18.1 Å². The minimum absolute atomic E-state index is 0.0245.